The molecule has 17 heavy (non-hydrogen) atoms. The predicted octanol–water partition coefficient (Wildman–Crippen LogP) is 2.95. The number of hydrogen-bond acceptors (Lipinski definition) is 2. The lowest BCUT2D eigenvalue weighted by molar-refractivity contribution is 0.296. The Kier molecular flexibility index (Phi) is 3.81. The number of likely N-dealkylation sites (tertiary alicyclic amines) is 1. The van der Waals surface area contributed by atoms with Crippen LogP contribution in [0.4, 0.5) is 0 Å². The summed E-state index contributed by atoms with van der Waals surface area (Å²) in [5, 5.41) is 9.61. The highest BCUT2D eigenvalue weighted by atomic mass is 15.1. The summed E-state index contributed by atoms with van der Waals surface area (Å²) in [6.07, 6.45) is 3.07. The maximum Gasteiger partial charge on any atom is 0.0835 e. The summed E-state index contributed by atoms with van der Waals surface area (Å²) in [5.74, 6) is 0. The molecule has 0 bridgehead atoms. The largest absolute Gasteiger partial charge is 0.304 e. The van der Waals surface area contributed by atoms with Crippen molar-refractivity contribution in [3.05, 3.63) is 35.9 Å². The second kappa shape index (κ2) is 5.33. The molecule has 0 saturated carbocycles. The first-order valence-electron chi connectivity index (χ1n) is 6.50. The SMILES string of the molecule is CCN1CCC[C@@](C#N)(c2ccccc2)CC1. The van der Waals surface area contributed by atoms with E-state index >= 15 is 0 Å². The molecule has 1 fully saturated rings. The van der Waals surface area contributed by atoms with Crippen LogP contribution in [0.25, 0.3) is 0 Å². The third-order valence-electron chi connectivity index (χ3n) is 3.92. The third-order valence-corrected chi connectivity index (χ3v) is 3.92. The lowest BCUT2D eigenvalue weighted by atomic mass is 9.76. The maximum atomic E-state index is 9.61. The van der Waals surface area contributed by atoms with Crippen molar-refractivity contribution in [1.29, 1.82) is 5.26 Å². The van der Waals surface area contributed by atoms with Crippen molar-refractivity contribution in [2.24, 2.45) is 0 Å². The molecule has 0 unspecified atom stereocenters. The molecule has 2 rings (SSSR count). The van der Waals surface area contributed by atoms with Crippen molar-refractivity contribution in [3.8, 4) is 6.07 Å². The molecule has 2 heteroatoms. The Hall–Kier alpha value is -1.33. The summed E-state index contributed by atoms with van der Waals surface area (Å²) < 4.78 is 0. The molecule has 1 aliphatic rings. The molecular formula is C15H20N2. The van der Waals surface area contributed by atoms with Crippen LogP contribution >= 0.6 is 0 Å². The first-order chi connectivity index (χ1) is 8.30. The minimum Gasteiger partial charge on any atom is -0.304 e. The van der Waals surface area contributed by atoms with Crippen LogP contribution in [0.2, 0.25) is 0 Å². The van der Waals surface area contributed by atoms with Gasteiger partial charge in [0.1, 0.15) is 0 Å². The van der Waals surface area contributed by atoms with Crippen molar-refractivity contribution in [2.75, 3.05) is 19.6 Å². The fourth-order valence-electron chi connectivity index (χ4n) is 2.73. The molecule has 1 saturated heterocycles. The molecule has 1 aromatic rings. The van der Waals surface area contributed by atoms with Gasteiger partial charge < -0.3 is 4.90 Å². The summed E-state index contributed by atoms with van der Waals surface area (Å²) in [5.41, 5.74) is 0.936. The Morgan fingerprint density at radius 1 is 1.24 bits per heavy atom. The number of nitriles is 1. The van der Waals surface area contributed by atoms with E-state index < -0.39 is 0 Å². The Bertz CT molecular complexity index is 393. The predicted molar refractivity (Wildman–Crippen MR) is 69.7 cm³/mol. The van der Waals surface area contributed by atoms with Crippen LogP contribution in [-0.2, 0) is 5.41 Å². The van der Waals surface area contributed by atoms with Crippen molar-refractivity contribution in [2.45, 2.75) is 31.6 Å². The zero-order chi connectivity index (χ0) is 12.1. The van der Waals surface area contributed by atoms with Gasteiger partial charge in [0.2, 0.25) is 0 Å². The normalized spacial score (nSPS) is 26.1. The van der Waals surface area contributed by atoms with Crippen molar-refractivity contribution in [3.63, 3.8) is 0 Å². The van der Waals surface area contributed by atoms with Gasteiger partial charge in [0, 0.05) is 0 Å². The van der Waals surface area contributed by atoms with Gasteiger partial charge in [-0.25, -0.2) is 0 Å². The topological polar surface area (TPSA) is 27.0 Å². The zero-order valence-corrected chi connectivity index (χ0v) is 10.5. The Balaban J connectivity index is 2.24. The molecule has 90 valence electrons. The summed E-state index contributed by atoms with van der Waals surface area (Å²) in [7, 11) is 0. The highest BCUT2D eigenvalue weighted by Crippen LogP contribution is 2.34. The molecule has 0 spiro atoms. The highest BCUT2D eigenvalue weighted by molar-refractivity contribution is 5.32. The molecule has 0 aliphatic carbocycles. The van der Waals surface area contributed by atoms with Gasteiger partial charge in [-0.2, -0.15) is 5.26 Å². The summed E-state index contributed by atoms with van der Waals surface area (Å²) in [6, 6.07) is 12.9. The number of hydrogen-bond donors (Lipinski definition) is 0. The Morgan fingerprint density at radius 2 is 2.00 bits per heavy atom. The van der Waals surface area contributed by atoms with Gasteiger partial charge in [-0.3, -0.25) is 0 Å². The minimum atomic E-state index is -0.259. The summed E-state index contributed by atoms with van der Waals surface area (Å²) in [6.45, 7) is 5.46. The smallest absolute Gasteiger partial charge is 0.0835 e. The fraction of sp³-hybridized carbons (Fsp3) is 0.533. The van der Waals surface area contributed by atoms with E-state index in [1.165, 1.54) is 5.56 Å². The molecule has 2 nitrogen and oxygen atoms in total. The second-order valence-electron chi connectivity index (χ2n) is 4.85. The van der Waals surface area contributed by atoms with Gasteiger partial charge in [0.05, 0.1) is 11.5 Å². The van der Waals surface area contributed by atoms with E-state index in [4.69, 9.17) is 0 Å². The number of nitrogens with zero attached hydrogens (tertiary/aromatic N) is 2. The van der Waals surface area contributed by atoms with Gasteiger partial charge >= 0.3 is 0 Å². The van der Waals surface area contributed by atoms with E-state index in [0.717, 1.165) is 38.9 Å². The van der Waals surface area contributed by atoms with Crippen molar-refractivity contribution >= 4 is 0 Å². The fourth-order valence-corrected chi connectivity index (χ4v) is 2.73. The third kappa shape index (κ3) is 2.50. The molecule has 0 radical (unpaired) electrons. The Labute approximate surface area is 104 Å². The molecule has 0 aromatic heterocycles. The summed E-state index contributed by atoms with van der Waals surface area (Å²) in [4.78, 5) is 2.45. The first kappa shape index (κ1) is 12.1. The van der Waals surface area contributed by atoms with Gasteiger partial charge in [0.15, 0.2) is 0 Å². The monoisotopic (exact) mass is 228 g/mol. The van der Waals surface area contributed by atoms with Crippen LogP contribution in [0.15, 0.2) is 30.3 Å². The summed E-state index contributed by atoms with van der Waals surface area (Å²) >= 11 is 0. The van der Waals surface area contributed by atoms with Gasteiger partial charge in [-0.05, 0) is 44.5 Å². The van der Waals surface area contributed by atoms with Crippen LogP contribution in [0, 0.1) is 11.3 Å². The number of benzene rings is 1. The highest BCUT2D eigenvalue weighted by Gasteiger charge is 2.33. The van der Waals surface area contributed by atoms with Gasteiger partial charge in [-0.15, -0.1) is 0 Å². The maximum absolute atomic E-state index is 9.61. The van der Waals surface area contributed by atoms with Gasteiger partial charge in [0.25, 0.3) is 0 Å². The number of rotatable bonds is 2. The van der Waals surface area contributed by atoms with E-state index in [-0.39, 0.29) is 5.41 Å². The lowest BCUT2D eigenvalue weighted by Gasteiger charge is -2.25. The van der Waals surface area contributed by atoms with Crippen molar-refractivity contribution in [1.82, 2.24) is 4.90 Å². The average Bonchev–Trinajstić information content (AvgIpc) is 2.62. The van der Waals surface area contributed by atoms with Crippen LogP contribution in [0.1, 0.15) is 31.7 Å². The zero-order valence-electron chi connectivity index (χ0n) is 10.5. The van der Waals surface area contributed by atoms with Gasteiger partial charge in [-0.1, -0.05) is 37.3 Å². The standard InChI is InChI=1S/C15H20N2/c1-2-17-11-6-9-15(13-16,10-12-17)14-7-4-3-5-8-14/h3-5,7-8H,2,6,9-12H2,1H3/t15-/m1/s1. The lowest BCUT2D eigenvalue weighted by Crippen LogP contribution is -2.28. The molecule has 1 heterocycles. The van der Waals surface area contributed by atoms with E-state index in [2.05, 4.69) is 30.0 Å². The minimum absolute atomic E-state index is 0.259. The van der Waals surface area contributed by atoms with E-state index in [9.17, 15) is 5.26 Å². The second-order valence-corrected chi connectivity index (χ2v) is 4.85. The van der Waals surface area contributed by atoms with Crippen LogP contribution in [0.3, 0.4) is 0 Å². The van der Waals surface area contributed by atoms with Crippen LogP contribution in [0.5, 0.6) is 0 Å². The molecular weight excluding hydrogens is 208 g/mol. The molecule has 1 aliphatic heterocycles. The van der Waals surface area contributed by atoms with E-state index in [1.54, 1.807) is 0 Å². The quantitative estimate of drug-likeness (QED) is 0.778. The average molecular weight is 228 g/mol. The molecule has 0 amide bonds. The Morgan fingerprint density at radius 3 is 2.65 bits per heavy atom. The molecule has 1 atom stereocenters. The van der Waals surface area contributed by atoms with E-state index in [0.29, 0.717) is 0 Å². The van der Waals surface area contributed by atoms with Crippen LogP contribution in [-0.4, -0.2) is 24.5 Å². The van der Waals surface area contributed by atoms with Crippen LogP contribution < -0.4 is 0 Å². The van der Waals surface area contributed by atoms with E-state index in [1.807, 2.05) is 18.2 Å². The van der Waals surface area contributed by atoms with Crippen molar-refractivity contribution < 1.29 is 0 Å². The molecule has 1 aromatic carbocycles. The molecule has 0 N–H and O–H groups in total. The first-order valence-corrected chi connectivity index (χ1v) is 6.50.